The largest absolute Gasteiger partial charge is 0.322 e. The first-order valence-electron chi connectivity index (χ1n) is 11.0. The number of thiazole rings is 1. The number of pyridine rings is 1. The minimum absolute atomic E-state index is 0.248. The molecule has 174 valence electrons. The van der Waals surface area contributed by atoms with Gasteiger partial charge >= 0.3 is 0 Å². The maximum Gasteiger partial charge on any atom is 0.262 e. The molecule has 0 fully saturated rings. The Morgan fingerprint density at radius 3 is 2.40 bits per heavy atom. The average molecular weight is 483 g/mol. The van der Waals surface area contributed by atoms with Crippen LogP contribution in [0.15, 0.2) is 72.4 Å². The molecule has 0 radical (unpaired) electrons. The Labute approximate surface area is 206 Å². The van der Waals surface area contributed by atoms with Gasteiger partial charge in [-0.25, -0.2) is 4.98 Å². The van der Waals surface area contributed by atoms with Crippen LogP contribution in [0.5, 0.6) is 0 Å². The van der Waals surface area contributed by atoms with E-state index in [0.29, 0.717) is 16.8 Å². The Morgan fingerprint density at radius 2 is 1.66 bits per heavy atom. The molecule has 0 unspecified atom stereocenters. The number of benzene rings is 2. The van der Waals surface area contributed by atoms with Gasteiger partial charge in [0.15, 0.2) is 0 Å². The minimum Gasteiger partial charge on any atom is -0.322 e. The number of anilines is 1. The molecule has 8 heteroatoms. The van der Waals surface area contributed by atoms with Crippen molar-refractivity contribution in [2.45, 2.75) is 26.3 Å². The van der Waals surface area contributed by atoms with Gasteiger partial charge in [-0.2, -0.15) is 0 Å². The highest BCUT2D eigenvalue weighted by Crippen LogP contribution is 2.31. The van der Waals surface area contributed by atoms with Crippen LogP contribution in [0.4, 0.5) is 5.69 Å². The molecule has 3 heterocycles. The molecule has 1 N–H and O–H groups in total. The van der Waals surface area contributed by atoms with E-state index in [2.05, 4.69) is 10.3 Å². The van der Waals surface area contributed by atoms with Crippen molar-refractivity contribution in [2.24, 2.45) is 0 Å². The maximum atomic E-state index is 13.0. The Kier molecular flexibility index (Phi) is 5.53. The first-order valence-corrected chi connectivity index (χ1v) is 11.9. The molecule has 0 atom stereocenters. The van der Waals surface area contributed by atoms with E-state index < -0.39 is 5.54 Å². The lowest BCUT2D eigenvalue weighted by Gasteiger charge is -2.29. The molecule has 0 saturated carbocycles. The van der Waals surface area contributed by atoms with Crippen molar-refractivity contribution in [1.29, 1.82) is 0 Å². The second kappa shape index (κ2) is 8.56. The van der Waals surface area contributed by atoms with Crippen LogP contribution in [0.25, 0.3) is 21.8 Å². The van der Waals surface area contributed by atoms with E-state index in [1.807, 2.05) is 35.7 Å². The summed E-state index contributed by atoms with van der Waals surface area (Å²) in [6.45, 7) is 5.41. The second-order valence-corrected chi connectivity index (χ2v) is 10.0. The van der Waals surface area contributed by atoms with Crippen LogP contribution in [-0.2, 0) is 0 Å². The first kappa shape index (κ1) is 22.6. The summed E-state index contributed by atoms with van der Waals surface area (Å²) in [6, 6.07) is 15.9. The Hall–Kier alpha value is -4.17. The van der Waals surface area contributed by atoms with Crippen LogP contribution >= 0.6 is 11.3 Å². The molecule has 1 aliphatic rings. The van der Waals surface area contributed by atoms with E-state index in [9.17, 15) is 14.4 Å². The van der Waals surface area contributed by atoms with Crippen molar-refractivity contribution in [1.82, 2.24) is 14.9 Å². The maximum absolute atomic E-state index is 13.0. The zero-order valence-corrected chi connectivity index (χ0v) is 20.2. The number of aromatic nitrogens is 2. The van der Waals surface area contributed by atoms with Crippen molar-refractivity contribution < 1.29 is 14.4 Å². The highest BCUT2D eigenvalue weighted by atomic mass is 32.1. The number of nitrogens with zero attached hydrogens (tertiary/aromatic N) is 3. The van der Waals surface area contributed by atoms with Crippen LogP contribution in [-0.4, -0.2) is 38.1 Å². The molecule has 0 saturated heterocycles. The first-order chi connectivity index (χ1) is 16.7. The zero-order valence-electron chi connectivity index (χ0n) is 19.4. The standard InChI is InChI=1S/C27H22N4O3S/c1-27(2,3)31-25(33)20-8-7-18(14-21(20)26(31)34)23(32)29-19-6-4-5-17(13-19)22-15-35-24(30-22)16-9-11-28-12-10-16/h4-15H,1-3H3,(H,29,32). The van der Waals surface area contributed by atoms with Crippen LogP contribution in [0.1, 0.15) is 51.8 Å². The Morgan fingerprint density at radius 1 is 0.914 bits per heavy atom. The summed E-state index contributed by atoms with van der Waals surface area (Å²) < 4.78 is 0. The summed E-state index contributed by atoms with van der Waals surface area (Å²) >= 11 is 1.54. The van der Waals surface area contributed by atoms with Gasteiger partial charge in [-0.05, 0) is 63.2 Å². The van der Waals surface area contributed by atoms with Crippen LogP contribution in [0, 0.1) is 0 Å². The molecular formula is C27H22N4O3S. The van der Waals surface area contributed by atoms with E-state index in [1.54, 1.807) is 51.4 Å². The molecule has 4 aromatic rings. The second-order valence-electron chi connectivity index (χ2n) is 9.19. The van der Waals surface area contributed by atoms with E-state index in [0.717, 1.165) is 21.8 Å². The molecule has 3 amide bonds. The van der Waals surface area contributed by atoms with Gasteiger partial charge in [0, 0.05) is 45.7 Å². The third kappa shape index (κ3) is 4.24. The van der Waals surface area contributed by atoms with Gasteiger partial charge in [0.1, 0.15) is 5.01 Å². The van der Waals surface area contributed by atoms with E-state index in [1.165, 1.54) is 22.3 Å². The smallest absolute Gasteiger partial charge is 0.262 e. The number of hydrogen-bond donors (Lipinski definition) is 1. The molecule has 0 bridgehead atoms. The van der Waals surface area contributed by atoms with Crippen LogP contribution < -0.4 is 5.32 Å². The van der Waals surface area contributed by atoms with Gasteiger partial charge < -0.3 is 5.32 Å². The number of imide groups is 1. The highest BCUT2D eigenvalue weighted by Gasteiger charge is 2.42. The lowest BCUT2D eigenvalue weighted by molar-refractivity contribution is 0.0507. The Bertz CT molecular complexity index is 1470. The lowest BCUT2D eigenvalue weighted by Crippen LogP contribution is -2.45. The van der Waals surface area contributed by atoms with Crippen molar-refractivity contribution in [3.05, 3.63) is 89.1 Å². The van der Waals surface area contributed by atoms with Crippen molar-refractivity contribution >= 4 is 34.7 Å². The molecule has 0 aliphatic carbocycles. The summed E-state index contributed by atoms with van der Waals surface area (Å²) in [5, 5.41) is 5.74. The van der Waals surface area contributed by atoms with E-state index in [-0.39, 0.29) is 23.3 Å². The quantitative estimate of drug-likeness (QED) is 0.387. The molecule has 35 heavy (non-hydrogen) atoms. The topological polar surface area (TPSA) is 92.3 Å². The number of rotatable bonds is 4. The number of carbonyl (C=O) groups is 3. The Balaban J connectivity index is 1.37. The normalized spacial score (nSPS) is 13.2. The fraction of sp³-hybridized carbons (Fsp3) is 0.148. The van der Waals surface area contributed by atoms with Crippen molar-refractivity contribution in [3.63, 3.8) is 0 Å². The number of fused-ring (bicyclic) bond motifs is 1. The van der Waals surface area contributed by atoms with Crippen molar-refractivity contribution in [2.75, 3.05) is 5.32 Å². The fourth-order valence-electron chi connectivity index (χ4n) is 3.98. The zero-order chi connectivity index (χ0) is 24.7. The number of amides is 3. The summed E-state index contributed by atoms with van der Waals surface area (Å²) in [5.74, 6) is -1.09. The SMILES string of the molecule is CC(C)(C)N1C(=O)c2ccc(C(=O)Nc3cccc(-c4csc(-c5ccncc5)n4)c3)cc2C1=O. The van der Waals surface area contributed by atoms with Crippen LogP contribution in [0.3, 0.4) is 0 Å². The number of nitrogens with one attached hydrogen (secondary N) is 1. The van der Waals surface area contributed by atoms with Gasteiger partial charge in [0.2, 0.25) is 0 Å². The number of carbonyl (C=O) groups excluding carboxylic acids is 3. The minimum atomic E-state index is -0.650. The van der Waals surface area contributed by atoms with Crippen LogP contribution in [0.2, 0.25) is 0 Å². The van der Waals surface area contributed by atoms with Gasteiger partial charge in [0.25, 0.3) is 17.7 Å². The molecule has 1 aliphatic heterocycles. The third-order valence-corrected chi connectivity index (χ3v) is 6.56. The van der Waals surface area contributed by atoms with E-state index >= 15 is 0 Å². The molecule has 7 nitrogen and oxygen atoms in total. The summed E-state index contributed by atoms with van der Waals surface area (Å²) in [5.41, 5.74) is 3.50. The summed E-state index contributed by atoms with van der Waals surface area (Å²) in [4.78, 5) is 48.5. The lowest BCUT2D eigenvalue weighted by atomic mass is 10.0. The van der Waals surface area contributed by atoms with Crippen molar-refractivity contribution in [3.8, 4) is 21.8 Å². The summed E-state index contributed by atoms with van der Waals surface area (Å²) in [6.07, 6.45) is 3.46. The third-order valence-electron chi connectivity index (χ3n) is 5.67. The van der Waals surface area contributed by atoms with Gasteiger partial charge in [-0.3, -0.25) is 24.3 Å². The molecule has 5 rings (SSSR count). The molecule has 2 aromatic carbocycles. The molecular weight excluding hydrogens is 460 g/mol. The van der Waals surface area contributed by atoms with Gasteiger partial charge in [-0.1, -0.05) is 12.1 Å². The monoisotopic (exact) mass is 482 g/mol. The highest BCUT2D eigenvalue weighted by molar-refractivity contribution is 7.13. The molecule has 0 spiro atoms. The predicted octanol–water partition coefficient (Wildman–Crippen LogP) is 5.52. The fourth-order valence-corrected chi connectivity index (χ4v) is 4.82. The average Bonchev–Trinajstić information content (AvgIpc) is 3.43. The summed E-state index contributed by atoms with van der Waals surface area (Å²) in [7, 11) is 0. The van der Waals surface area contributed by atoms with Gasteiger partial charge in [-0.15, -0.1) is 11.3 Å². The number of hydrogen-bond acceptors (Lipinski definition) is 6. The predicted molar refractivity (Wildman–Crippen MR) is 135 cm³/mol. The van der Waals surface area contributed by atoms with E-state index in [4.69, 9.17) is 4.98 Å². The van der Waals surface area contributed by atoms with Gasteiger partial charge in [0.05, 0.1) is 16.8 Å². The molecule has 2 aromatic heterocycles.